The summed E-state index contributed by atoms with van der Waals surface area (Å²) in [5.74, 6) is 0. The lowest BCUT2D eigenvalue weighted by atomic mass is 9.98. The average Bonchev–Trinajstić information content (AvgIpc) is 3.79. The van der Waals surface area contributed by atoms with E-state index in [1.807, 2.05) is 47.7 Å². The molecule has 0 saturated carbocycles. The number of hydrogen-bond acceptors (Lipinski definition) is 4. The van der Waals surface area contributed by atoms with E-state index in [0.717, 1.165) is 60.6 Å². The summed E-state index contributed by atoms with van der Waals surface area (Å²) < 4.78 is 11.3. The topological polar surface area (TPSA) is 43.3 Å². The van der Waals surface area contributed by atoms with E-state index in [0.29, 0.717) is 0 Å². The van der Waals surface area contributed by atoms with Crippen molar-refractivity contribution >= 4 is 103 Å². The van der Waals surface area contributed by atoms with Crippen molar-refractivity contribution < 1.29 is 4.42 Å². The van der Waals surface area contributed by atoms with Crippen LogP contribution in [0.5, 0.6) is 0 Å². The number of aromatic nitrogens is 3. The van der Waals surface area contributed by atoms with Crippen LogP contribution in [0.1, 0.15) is 0 Å². The molecule has 0 amide bonds. The predicted molar refractivity (Wildman–Crippen MR) is 180 cm³/mol. The molecule has 0 unspecified atom stereocenters. The van der Waals surface area contributed by atoms with Gasteiger partial charge in [-0.25, -0.2) is 9.97 Å². The molecule has 11 rings (SSSR count). The Morgan fingerprint density at radius 3 is 2.19 bits per heavy atom. The third kappa shape index (κ3) is 2.75. The van der Waals surface area contributed by atoms with Crippen molar-refractivity contribution in [2.45, 2.75) is 0 Å². The van der Waals surface area contributed by atoms with Crippen molar-refractivity contribution in [1.82, 2.24) is 14.4 Å². The molecule has 0 aliphatic rings. The lowest BCUT2D eigenvalue weighted by Gasteiger charge is -2.05. The first-order chi connectivity index (χ1) is 21.3. The van der Waals surface area contributed by atoms with Crippen molar-refractivity contribution in [2.24, 2.45) is 0 Å². The van der Waals surface area contributed by atoms with Crippen LogP contribution in [-0.2, 0) is 0 Å². The maximum Gasteiger partial charge on any atom is 0.165 e. The number of hydrogen-bond donors (Lipinski definition) is 0. The van der Waals surface area contributed by atoms with E-state index in [1.165, 1.54) is 42.1 Å². The molecule has 6 aromatic carbocycles. The van der Waals surface area contributed by atoms with Crippen LogP contribution in [0.4, 0.5) is 0 Å². The molecule has 5 aromatic heterocycles. The number of nitrogens with zero attached hydrogens (tertiary/aromatic N) is 3. The van der Waals surface area contributed by atoms with Crippen LogP contribution >= 0.6 is 11.3 Å². The van der Waals surface area contributed by atoms with E-state index in [9.17, 15) is 0 Å². The maximum absolute atomic E-state index is 6.34. The minimum atomic E-state index is 0.878. The lowest BCUT2D eigenvalue weighted by molar-refractivity contribution is 0.669. The zero-order chi connectivity index (χ0) is 27.8. The number of benzene rings is 6. The standard InChI is InChI=1S/C38H19N3OS/c1-5-11-30-24(8-1)34-31(42-30)15-14-23-26-18-21(20-13-16-33-25(17-20)22-7-2-6-12-32(22)43-33)19-27-35-38(41(36(26)27)37(23)34)40-29-10-4-3-9-28(29)39-35/h1-19H. The van der Waals surface area contributed by atoms with Crippen molar-refractivity contribution in [3.8, 4) is 11.1 Å². The van der Waals surface area contributed by atoms with Gasteiger partial charge in [0.1, 0.15) is 16.7 Å². The van der Waals surface area contributed by atoms with Crippen molar-refractivity contribution in [2.75, 3.05) is 0 Å². The second kappa shape index (κ2) is 7.65. The highest BCUT2D eigenvalue weighted by atomic mass is 32.1. The van der Waals surface area contributed by atoms with Gasteiger partial charge in [0.25, 0.3) is 0 Å². The van der Waals surface area contributed by atoms with E-state index >= 15 is 0 Å². The number of thiophene rings is 1. The van der Waals surface area contributed by atoms with E-state index in [2.05, 4.69) is 83.3 Å². The molecular weight excluding hydrogens is 547 g/mol. The molecule has 0 aliphatic heterocycles. The van der Waals surface area contributed by atoms with Crippen molar-refractivity contribution in [3.05, 3.63) is 115 Å². The molecule has 198 valence electrons. The smallest absolute Gasteiger partial charge is 0.165 e. The molecule has 4 nitrogen and oxygen atoms in total. The molecule has 0 bridgehead atoms. The van der Waals surface area contributed by atoms with E-state index < -0.39 is 0 Å². The minimum absolute atomic E-state index is 0.878. The van der Waals surface area contributed by atoms with Gasteiger partial charge in [-0.15, -0.1) is 11.3 Å². The van der Waals surface area contributed by atoms with Crippen LogP contribution in [0.15, 0.2) is 120 Å². The fraction of sp³-hybridized carbons (Fsp3) is 0. The van der Waals surface area contributed by atoms with Crippen LogP contribution in [0.25, 0.3) is 103 Å². The summed E-state index contributed by atoms with van der Waals surface area (Å²) in [6.07, 6.45) is 0. The molecule has 0 atom stereocenters. The first-order valence-electron chi connectivity index (χ1n) is 14.4. The van der Waals surface area contributed by atoms with Crippen LogP contribution in [-0.4, -0.2) is 14.4 Å². The van der Waals surface area contributed by atoms with Gasteiger partial charge < -0.3 is 4.42 Å². The van der Waals surface area contributed by atoms with Crippen LogP contribution in [0.3, 0.4) is 0 Å². The Morgan fingerprint density at radius 2 is 1.26 bits per heavy atom. The highest BCUT2D eigenvalue weighted by Crippen LogP contribution is 2.45. The van der Waals surface area contributed by atoms with Gasteiger partial charge in [-0.05, 0) is 71.8 Å². The van der Waals surface area contributed by atoms with Gasteiger partial charge >= 0.3 is 0 Å². The molecule has 5 heteroatoms. The quantitative estimate of drug-likeness (QED) is 0.199. The van der Waals surface area contributed by atoms with Gasteiger partial charge in [-0.2, -0.15) is 0 Å². The van der Waals surface area contributed by atoms with E-state index in [-0.39, 0.29) is 0 Å². The molecule has 0 N–H and O–H groups in total. The number of para-hydroxylation sites is 3. The normalized spacial score (nSPS) is 12.7. The largest absolute Gasteiger partial charge is 0.456 e. The molecule has 11 aromatic rings. The van der Waals surface area contributed by atoms with E-state index in [1.54, 1.807) is 0 Å². The second-order valence-corrected chi connectivity index (χ2v) is 12.5. The monoisotopic (exact) mass is 565 g/mol. The number of rotatable bonds is 1. The SMILES string of the molecule is c1ccc2nc3c(nc2c1)c1cc(-c2ccc4sc5ccccc5c4c2)cc2c4ccc5oc6ccccc6c5c4n3c21. The Balaban J connectivity index is 1.35. The Morgan fingerprint density at radius 1 is 0.512 bits per heavy atom. The number of furan rings is 1. The molecule has 5 heterocycles. The summed E-state index contributed by atoms with van der Waals surface area (Å²) in [6, 6.07) is 41.0. The summed E-state index contributed by atoms with van der Waals surface area (Å²) in [6.45, 7) is 0. The third-order valence-corrected chi connectivity index (χ3v) is 10.2. The summed E-state index contributed by atoms with van der Waals surface area (Å²) in [7, 11) is 0. The first-order valence-corrected chi connectivity index (χ1v) is 15.2. The zero-order valence-corrected chi connectivity index (χ0v) is 23.4. The fourth-order valence-electron chi connectivity index (χ4n) is 7.23. The molecule has 0 radical (unpaired) electrons. The van der Waals surface area contributed by atoms with Crippen LogP contribution in [0.2, 0.25) is 0 Å². The Hall–Kier alpha value is -5.52. The number of fused-ring (bicyclic) bond motifs is 14. The predicted octanol–water partition coefficient (Wildman–Crippen LogP) is 10.7. The second-order valence-electron chi connectivity index (χ2n) is 11.4. The highest BCUT2D eigenvalue weighted by Gasteiger charge is 2.24. The van der Waals surface area contributed by atoms with Gasteiger partial charge in [0.15, 0.2) is 5.65 Å². The van der Waals surface area contributed by atoms with Crippen molar-refractivity contribution in [1.29, 1.82) is 0 Å². The molecule has 0 aliphatic carbocycles. The minimum Gasteiger partial charge on any atom is -0.456 e. The Labute approximate surface area is 247 Å². The van der Waals surface area contributed by atoms with Gasteiger partial charge in [-0.3, -0.25) is 4.40 Å². The van der Waals surface area contributed by atoms with Crippen molar-refractivity contribution in [3.63, 3.8) is 0 Å². The third-order valence-electron chi connectivity index (χ3n) is 9.09. The molecule has 0 spiro atoms. The van der Waals surface area contributed by atoms with Crippen LogP contribution < -0.4 is 0 Å². The average molecular weight is 566 g/mol. The van der Waals surface area contributed by atoms with Gasteiger partial charge in [0, 0.05) is 41.7 Å². The maximum atomic E-state index is 6.34. The fourth-order valence-corrected chi connectivity index (χ4v) is 8.32. The molecule has 0 saturated heterocycles. The Bertz CT molecular complexity index is 2960. The molecular formula is C38H19N3OS. The lowest BCUT2D eigenvalue weighted by Crippen LogP contribution is -1.89. The summed E-state index contributed by atoms with van der Waals surface area (Å²) in [4.78, 5) is 10.4. The van der Waals surface area contributed by atoms with Crippen LogP contribution in [0, 0.1) is 0 Å². The summed E-state index contributed by atoms with van der Waals surface area (Å²) in [5, 5.41) is 8.35. The summed E-state index contributed by atoms with van der Waals surface area (Å²) >= 11 is 1.85. The van der Waals surface area contributed by atoms with Gasteiger partial charge in [0.2, 0.25) is 0 Å². The summed E-state index contributed by atoms with van der Waals surface area (Å²) in [5.41, 5.74) is 10.0. The molecule has 43 heavy (non-hydrogen) atoms. The highest BCUT2D eigenvalue weighted by molar-refractivity contribution is 7.25. The molecule has 0 fully saturated rings. The van der Waals surface area contributed by atoms with Gasteiger partial charge in [-0.1, -0.05) is 54.6 Å². The zero-order valence-electron chi connectivity index (χ0n) is 22.6. The first kappa shape index (κ1) is 22.1. The van der Waals surface area contributed by atoms with E-state index in [4.69, 9.17) is 14.4 Å². The van der Waals surface area contributed by atoms with Gasteiger partial charge in [0.05, 0.1) is 27.5 Å². The Kier molecular flexibility index (Phi) is 3.94.